The van der Waals surface area contributed by atoms with E-state index in [-0.39, 0.29) is 0 Å². The van der Waals surface area contributed by atoms with Crippen LogP contribution in [-0.2, 0) is 4.79 Å². The maximum Gasteiger partial charge on any atom is 0.329 e. The number of hydrogen-bond donors (Lipinski definition) is 4. The van der Waals surface area contributed by atoms with Crippen LogP contribution in [0.2, 0.25) is 0 Å². The van der Waals surface area contributed by atoms with Gasteiger partial charge in [-0.15, -0.1) is 0 Å². The Balaban J connectivity index is 2.80. The van der Waals surface area contributed by atoms with Crippen molar-refractivity contribution in [3.63, 3.8) is 0 Å². The Bertz CT molecular complexity index is 468. The summed E-state index contributed by atoms with van der Waals surface area (Å²) in [7, 11) is 0. The Morgan fingerprint density at radius 2 is 1.70 bits per heavy atom. The summed E-state index contributed by atoms with van der Waals surface area (Å²) in [4.78, 5) is 22.9. The van der Waals surface area contributed by atoms with Crippen molar-refractivity contribution in [1.29, 1.82) is 0 Å². The zero-order valence-electron chi connectivity index (χ0n) is 11.8. The molecule has 6 heteroatoms. The van der Waals surface area contributed by atoms with Gasteiger partial charge in [0.1, 0.15) is 6.10 Å². The molecular weight excluding hydrogens is 260 g/mol. The second-order valence-electron chi connectivity index (χ2n) is 5.52. The molecule has 1 rings (SSSR count). The van der Waals surface area contributed by atoms with Crippen LogP contribution in [0.25, 0.3) is 0 Å². The maximum atomic E-state index is 11.7. The molecular formula is C14H20N2O4. The smallest absolute Gasteiger partial charge is 0.329 e. The van der Waals surface area contributed by atoms with Gasteiger partial charge < -0.3 is 20.8 Å². The summed E-state index contributed by atoms with van der Waals surface area (Å²) in [6, 6.07) is 6.28. The van der Waals surface area contributed by atoms with E-state index in [1.54, 1.807) is 51.1 Å². The summed E-state index contributed by atoms with van der Waals surface area (Å²) in [6.45, 7) is 5.32. The van der Waals surface area contributed by atoms with Gasteiger partial charge in [0.15, 0.2) is 6.04 Å². The fraction of sp³-hybridized carbons (Fsp3) is 0.429. The van der Waals surface area contributed by atoms with Crippen molar-refractivity contribution in [3.05, 3.63) is 35.9 Å². The molecule has 6 nitrogen and oxygen atoms in total. The first-order valence-electron chi connectivity index (χ1n) is 6.25. The molecule has 0 aliphatic rings. The van der Waals surface area contributed by atoms with Crippen LogP contribution >= 0.6 is 0 Å². The minimum atomic E-state index is -1.42. The minimum absolute atomic E-state index is 0.427. The average Bonchev–Trinajstić information content (AvgIpc) is 2.34. The summed E-state index contributed by atoms with van der Waals surface area (Å²) in [6.07, 6.45) is -1.32. The topological polar surface area (TPSA) is 98.7 Å². The fourth-order valence-corrected chi connectivity index (χ4v) is 1.64. The van der Waals surface area contributed by atoms with Crippen molar-refractivity contribution in [1.82, 2.24) is 10.6 Å². The van der Waals surface area contributed by atoms with E-state index in [1.165, 1.54) is 0 Å². The molecule has 0 bridgehead atoms. The lowest BCUT2D eigenvalue weighted by Crippen LogP contribution is -2.53. The first kappa shape index (κ1) is 16.0. The van der Waals surface area contributed by atoms with E-state index in [0.717, 1.165) is 0 Å². The number of hydrogen-bond acceptors (Lipinski definition) is 3. The van der Waals surface area contributed by atoms with Crippen molar-refractivity contribution in [2.24, 2.45) is 0 Å². The second kappa shape index (κ2) is 6.38. The molecule has 1 aromatic carbocycles. The molecule has 2 atom stereocenters. The van der Waals surface area contributed by atoms with Crippen LogP contribution in [0.15, 0.2) is 30.3 Å². The lowest BCUT2D eigenvalue weighted by Gasteiger charge is -2.25. The largest absolute Gasteiger partial charge is 0.480 e. The van der Waals surface area contributed by atoms with Crippen LogP contribution < -0.4 is 10.6 Å². The number of amides is 2. The summed E-state index contributed by atoms with van der Waals surface area (Å²) in [5.74, 6) is -1.30. The lowest BCUT2D eigenvalue weighted by molar-refractivity contribution is -0.142. The lowest BCUT2D eigenvalue weighted by atomic mass is 10.0. The first-order valence-corrected chi connectivity index (χ1v) is 6.25. The number of aliphatic hydroxyl groups excluding tert-OH is 1. The number of nitrogens with one attached hydrogen (secondary N) is 2. The summed E-state index contributed by atoms with van der Waals surface area (Å²) < 4.78 is 0. The third-order valence-corrected chi connectivity index (χ3v) is 2.50. The molecule has 0 heterocycles. The molecule has 2 amide bonds. The van der Waals surface area contributed by atoms with E-state index < -0.39 is 29.7 Å². The number of carbonyl (C=O) groups is 2. The zero-order chi connectivity index (χ0) is 15.3. The Morgan fingerprint density at radius 3 is 2.15 bits per heavy atom. The number of urea groups is 1. The molecule has 0 saturated carbocycles. The number of aliphatic carboxylic acids is 1. The molecule has 0 aromatic heterocycles. The van der Waals surface area contributed by atoms with E-state index in [4.69, 9.17) is 5.11 Å². The van der Waals surface area contributed by atoms with Crippen molar-refractivity contribution in [2.45, 2.75) is 38.5 Å². The molecule has 2 unspecified atom stereocenters. The van der Waals surface area contributed by atoms with Gasteiger partial charge in [0.05, 0.1) is 0 Å². The van der Waals surface area contributed by atoms with Crippen LogP contribution in [0.1, 0.15) is 32.4 Å². The van der Waals surface area contributed by atoms with Crippen molar-refractivity contribution >= 4 is 12.0 Å². The Morgan fingerprint density at radius 1 is 1.15 bits per heavy atom. The highest BCUT2D eigenvalue weighted by Crippen LogP contribution is 2.16. The van der Waals surface area contributed by atoms with Gasteiger partial charge in [0, 0.05) is 5.54 Å². The van der Waals surface area contributed by atoms with Crippen molar-refractivity contribution < 1.29 is 19.8 Å². The number of rotatable bonds is 4. The SMILES string of the molecule is CC(C)(C)NC(=O)NC(C(=O)O)C(O)c1ccccc1. The Hall–Kier alpha value is -2.08. The molecule has 0 radical (unpaired) electrons. The van der Waals surface area contributed by atoms with E-state index >= 15 is 0 Å². The average molecular weight is 280 g/mol. The van der Waals surface area contributed by atoms with E-state index in [1.807, 2.05) is 0 Å². The van der Waals surface area contributed by atoms with E-state index in [2.05, 4.69) is 10.6 Å². The summed E-state index contributed by atoms with van der Waals surface area (Å²) >= 11 is 0. The molecule has 20 heavy (non-hydrogen) atoms. The van der Waals surface area contributed by atoms with Crippen LogP contribution in [0.4, 0.5) is 4.79 Å². The third kappa shape index (κ3) is 4.89. The third-order valence-electron chi connectivity index (χ3n) is 2.50. The monoisotopic (exact) mass is 280 g/mol. The Labute approximate surface area is 117 Å². The van der Waals surface area contributed by atoms with Gasteiger partial charge in [-0.1, -0.05) is 30.3 Å². The van der Waals surface area contributed by atoms with Gasteiger partial charge in [-0.05, 0) is 26.3 Å². The molecule has 0 spiro atoms. The van der Waals surface area contributed by atoms with Crippen LogP contribution in [-0.4, -0.2) is 33.8 Å². The quantitative estimate of drug-likeness (QED) is 0.667. The van der Waals surface area contributed by atoms with Gasteiger partial charge >= 0.3 is 12.0 Å². The van der Waals surface area contributed by atoms with Gasteiger partial charge in [-0.25, -0.2) is 9.59 Å². The van der Waals surface area contributed by atoms with Gasteiger partial charge in [0.25, 0.3) is 0 Å². The number of carbonyl (C=O) groups excluding carboxylic acids is 1. The normalized spacial score (nSPS) is 14.2. The summed E-state index contributed by atoms with van der Waals surface area (Å²) in [5.41, 5.74) is -0.0684. The molecule has 110 valence electrons. The predicted octanol–water partition coefficient (Wildman–Crippen LogP) is 1.27. The van der Waals surface area contributed by atoms with Gasteiger partial charge in [-0.2, -0.15) is 0 Å². The highest BCUT2D eigenvalue weighted by Gasteiger charge is 2.30. The predicted molar refractivity (Wildman–Crippen MR) is 74.2 cm³/mol. The Kier molecular flexibility index (Phi) is 5.10. The van der Waals surface area contributed by atoms with Crippen molar-refractivity contribution in [3.8, 4) is 0 Å². The van der Waals surface area contributed by atoms with Crippen LogP contribution in [0.3, 0.4) is 0 Å². The first-order chi connectivity index (χ1) is 9.20. The maximum absolute atomic E-state index is 11.7. The molecule has 4 N–H and O–H groups in total. The minimum Gasteiger partial charge on any atom is -0.480 e. The second-order valence-corrected chi connectivity index (χ2v) is 5.52. The highest BCUT2D eigenvalue weighted by atomic mass is 16.4. The molecule has 0 aliphatic heterocycles. The molecule has 0 fully saturated rings. The fourth-order valence-electron chi connectivity index (χ4n) is 1.64. The number of carboxylic acid groups (broad SMARTS) is 1. The van der Waals surface area contributed by atoms with Crippen LogP contribution in [0.5, 0.6) is 0 Å². The highest BCUT2D eigenvalue weighted by molar-refractivity contribution is 5.83. The standard InChI is InChI=1S/C14H20N2O4/c1-14(2,3)16-13(20)15-10(12(18)19)11(17)9-7-5-4-6-8-9/h4-8,10-11,17H,1-3H3,(H,18,19)(H2,15,16,20). The number of benzene rings is 1. The number of carboxylic acids is 1. The van der Waals surface area contributed by atoms with Gasteiger partial charge in [0.2, 0.25) is 0 Å². The molecule has 1 aromatic rings. The van der Waals surface area contributed by atoms with E-state index in [0.29, 0.717) is 5.56 Å². The van der Waals surface area contributed by atoms with Crippen LogP contribution in [0, 0.1) is 0 Å². The zero-order valence-corrected chi connectivity index (χ0v) is 11.8. The summed E-state index contributed by atoms with van der Waals surface area (Å²) in [5, 5.41) is 24.1. The van der Waals surface area contributed by atoms with Gasteiger partial charge in [-0.3, -0.25) is 0 Å². The molecule has 0 aliphatic carbocycles. The van der Waals surface area contributed by atoms with E-state index in [9.17, 15) is 14.7 Å². The number of aliphatic hydroxyl groups is 1. The van der Waals surface area contributed by atoms with Crippen molar-refractivity contribution in [2.75, 3.05) is 0 Å². The molecule has 0 saturated heterocycles.